The normalized spacial score (nSPS) is 14.0. The van der Waals surface area contributed by atoms with E-state index in [1.54, 1.807) is 6.92 Å². The van der Waals surface area contributed by atoms with E-state index in [0.29, 0.717) is 24.9 Å². The van der Waals surface area contributed by atoms with Gasteiger partial charge in [0, 0.05) is 17.2 Å². The van der Waals surface area contributed by atoms with Crippen molar-refractivity contribution >= 4 is 33.8 Å². The van der Waals surface area contributed by atoms with Crippen molar-refractivity contribution < 1.29 is 14.1 Å². The minimum absolute atomic E-state index is 0.123. The van der Waals surface area contributed by atoms with Gasteiger partial charge in [-0.05, 0) is 18.9 Å². The van der Waals surface area contributed by atoms with Gasteiger partial charge in [0.1, 0.15) is 5.00 Å². The Morgan fingerprint density at radius 2 is 2.38 bits per heavy atom. The first kappa shape index (κ1) is 14.5. The van der Waals surface area contributed by atoms with Crippen LogP contribution < -0.4 is 5.32 Å². The predicted octanol–water partition coefficient (Wildman–Crippen LogP) is 2.75. The fraction of sp³-hybridized carbons (Fsp3) is 0.462. The van der Waals surface area contributed by atoms with E-state index in [9.17, 15) is 4.79 Å². The zero-order chi connectivity index (χ0) is 14.8. The monoisotopic (exact) mass is 327 g/mol. The molecule has 1 aliphatic rings. The Bertz CT molecular complexity index is 668. The molecule has 0 radical (unpaired) electrons. The second-order valence-electron chi connectivity index (χ2n) is 4.64. The summed E-state index contributed by atoms with van der Waals surface area (Å²) in [6, 6.07) is 0. The number of aryl methyl sites for hydroxylation is 1. The van der Waals surface area contributed by atoms with Gasteiger partial charge in [-0.3, -0.25) is 4.79 Å². The number of rotatable bonds is 4. The lowest BCUT2D eigenvalue weighted by atomic mass is 10.1. The van der Waals surface area contributed by atoms with Gasteiger partial charge in [-0.25, -0.2) is 0 Å². The second kappa shape index (κ2) is 6.13. The van der Waals surface area contributed by atoms with E-state index in [0.717, 1.165) is 27.4 Å². The van der Waals surface area contributed by atoms with Crippen LogP contribution in [0.4, 0.5) is 5.00 Å². The number of hydrogen-bond acceptors (Lipinski definition) is 6. The number of halogens is 1. The number of amides is 1. The first-order chi connectivity index (χ1) is 10.2. The van der Waals surface area contributed by atoms with Gasteiger partial charge in [0.15, 0.2) is 5.82 Å². The summed E-state index contributed by atoms with van der Waals surface area (Å²) < 4.78 is 10.8. The Balaban J connectivity index is 2.02. The lowest BCUT2D eigenvalue weighted by Crippen LogP contribution is -2.11. The van der Waals surface area contributed by atoms with Gasteiger partial charge in [-0.2, -0.15) is 4.98 Å². The van der Waals surface area contributed by atoms with Crippen molar-refractivity contribution in [3.63, 3.8) is 0 Å². The third-order valence-corrected chi connectivity index (χ3v) is 4.45. The topological polar surface area (TPSA) is 77.2 Å². The number of aromatic nitrogens is 2. The van der Waals surface area contributed by atoms with Crippen LogP contribution >= 0.6 is 22.9 Å². The van der Waals surface area contributed by atoms with Crippen molar-refractivity contribution in [3.05, 3.63) is 16.3 Å². The molecule has 0 saturated carbocycles. The van der Waals surface area contributed by atoms with Crippen molar-refractivity contribution in [3.8, 4) is 11.5 Å². The molecular weight excluding hydrogens is 314 g/mol. The Morgan fingerprint density at radius 3 is 3.10 bits per heavy atom. The zero-order valence-corrected chi connectivity index (χ0v) is 13.0. The van der Waals surface area contributed by atoms with Crippen molar-refractivity contribution in [2.24, 2.45) is 0 Å². The van der Waals surface area contributed by atoms with E-state index in [-0.39, 0.29) is 18.2 Å². The summed E-state index contributed by atoms with van der Waals surface area (Å²) >= 11 is 7.10. The maximum absolute atomic E-state index is 11.8. The van der Waals surface area contributed by atoms with Crippen LogP contribution in [-0.4, -0.2) is 28.5 Å². The summed E-state index contributed by atoms with van der Waals surface area (Å²) in [6.45, 7) is 2.96. The van der Waals surface area contributed by atoms with E-state index in [1.165, 1.54) is 11.3 Å². The number of hydrogen-bond donors (Lipinski definition) is 1. The van der Waals surface area contributed by atoms with Gasteiger partial charge in [0.25, 0.3) is 5.89 Å². The molecule has 0 atom stereocenters. The van der Waals surface area contributed by atoms with Crippen LogP contribution in [0.3, 0.4) is 0 Å². The number of carbonyl (C=O) groups is 1. The molecule has 0 aliphatic carbocycles. The predicted molar refractivity (Wildman–Crippen MR) is 79.7 cm³/mol. The molecule has 3 rings (SSSR count). The third kappa shape index (κ3) is 2.95. The molecule has 0 unspecified atom stereocenters. The molecule has 0 saturated heterocycles. The van der Waals surface area contributed by atoms with Crippen LogP contribution in [0.1, 0.15) is 22.7 Å². The Labute approximate surface area is 130 Å². The summed E-state index contributed by atoms with van der Waals surface area (Å²) in [5.41, 5.74) is 1.94. The molecule has 0 aromatic carbocycles. The maximum atomic E-state index is 11.8. The number of alkyl halides is 1. The average Bonchev–Trinajstić information content (AvgIpc) is 3.01. The summed E-state index contributed by atoms with van der Waals surface area (Å²) in [5, 5.41) is 7.45. The standard InChI is InChI=1S/C13H14ClN3O3S/c1-7-15-12(20-17-7)11-8-3-5-19-6-9(8)21-13(11)16-10(18)2-4-14/h2-6H2,1H3,(H,16,18). The lowest BCUT2D eigenvalue weighted by molar-refractivity contribution is -0.115. The molecule has 8 heteroatoms. The third-order valence-electron chi connectivity index (χ3n) is 3.14. The van der Waals surface area contributed by atoms with Gasteiger partial charge in [0.2, 0.25) is 5.91 Å². The average molecular weight is 328 g/mol. The van der Waals surface area contributed by atoms with Crippen LogP contribution in [0, 0.1) is 6.92 Å². The van der Waals surface area contributed by atoms with Crippen LogP contribution in [0.15, 0.2) is 4.52 Å². The molecule has 2 aromatic rings. The number of ether oxygens (including phenoxy) is 1. The number of thiophene rings is 1. The first-order valence-corrected chi connectivity index (χ1v) is 7.93. The highest BCUT2D eigenvalue weighted by atomic mass is 35.5. The molecule has 6 nitrogen and oxygen atoms in total. The Morgan fingerprint density at radius 1 is 1.52 bits per heavy atom. The molecule has 1 N–H and O–H groups in total. The minimum atomic E-state index is -0.123. The highest BCUT2D eigenvalue weighted by molar-refractivity contribution is 7.17. The van der Waals surface area contributed by atoms with E-state index in [1.807, 2.05) is 0 Å². The molecule has 3 heterocycles. The molecule has 1 amide bonds. The highest BCUT2D eigenvalue weighted by Crippen LogP contribution is 2.42. The summed E-state index contributed by atoms with van der Waals surface area (Å²) in [6.07, 6.45) is 1.04. The fourth-order valence-corrected chi connectivity index (χ4v) is 3.59. The molecule has 21 heavy (non-hydrogen) atoms. The van der Waals surface area contributed by atoms with E-state index in [4.69, 9.17) is 20.9 Å². The van der Waals surface area contributed by atoms with Gasteiger partial charge in [-0.15, -0.1) is 22.9 Å². The van der Waals surface area contributed by atoms with Gasteiger partial charge < -0.3 is 14.6 Å². The molecule has 112 valence electrons. The maximum Gasteiger partial charge on any atom is 0.261 e. The number of fused-ring (bicyclic) bond motifs is 1. The van der Waals surface area contributed by atoms with E-state index >= 15 is 0 Å². The molecule has 1 aliphatic heterocycles. The number of carbonyl (C=O) groups excluding carboxylic acids is 1. The fourth-order valence-electron chi connectivity index (χ4n) is 2.22. The molecular formula is C13H14ClN3O3S. The summed E-state index contributed by atoms with van der Waals surface area (Å²) in [7, 11) is 0. The highest BCUT2D eigenvalue weighted by Gasteiger charge is 2.26. The number of anilines is 1. The summed E-state index contributed by atoms with van der Waals surface area (Å²) in [5.74, 6) is 1.17. The quantitative estimate of drug-likeness (QED) is 0.874. The van der Waals surface area contributed by atoms with E-state index < -0.39 is 0 Å². The smallest absolute Gasteiger partial charge is 0.261 e. The number of nitrogens with one attached hydrogen (secondary N) is 1. The van der Waals surface area contributed by atoms with Crippen LogP contribution in [-0.2, 0) is 22.6 Å². The Hall–Kier alpha value is -1.44. The molecule has 0 spiro atoms. The van der Waals surface area contributed by atoms with Gasteiger partial charge in [0.05, 0.1) is 18.8 Å². The molecule has 2 aromatic heterocycles. The van der Waals surface area contributed by atoms with E-state index in [2.05, 4.69) is 15.5 Å². The lowest BCUT2D eigenvalue weighted by Gasteiger charge is -2.12. The van der Waals surface area contributed by atoms with Crippen LogP contribution in [0.5, 0.6) is 0 Å². The zero-order valence-electron chi connectivity index (χ0n) is 11.4. The van der Waals surface area contributed by atoms with Crippen molar-refractivity contribution in [1.29, 1.82) is 0 Å². The first-order valence-electron chi connectivity index (χ1n) is 6.58. The SMILES string of the molecule is Cc1noc(-c2c(NC(=O)CCCl)sc3c2CCOC3)n1. The van der Waals surface area contributed by atoms with Gasteiger partial charge >= 0.3 is 0 Å². The minimum Gasteiger partial charge on any atom is -0.376 e. The van der Waals surface area contributed by atoms with Gasteiger partial charge in [-0.1, -0.05) is 5.16 Å². The number of nitrogens with zero attached hydrogens (tertiary/aromatic N) is 2. The van der Waals surface area contributed by atoms with Crippen molar-refractivity contribution in [2.75, 3.05) is 17.8 Å². The molecule has 0 bridgehead atoms. The second-order valence-corrected chi connectivity index (χ2v) is 6.13. The summed E-state index contributed by atoms with van der Waals surface area (Å²) in [4.78, 5) is 17.2. The van der Waals surface area contributed by atoms with Crippen LogP contribution in [0.25, 0.3) is 11.5 Å². The van der Waals surface area contributed by atoms with Crippen molar-refractivity contribution in [1.82, 2.24) is 10.1 Å². The Kier molecular flexibility index (Phi) is 4.23. The van der Waals surface area contributed by atoms with Crippen molar-refractivity contribution in [2.45, 2.75) is 26.4 Å². The van der Waals surface area contributed by atoms with Crippen LogP contribution in [0.2, 0.25) is 0 Å². The largest absolute Gasteiger partial charge is 0.376 e. The molecule has 0 fully saturated rings.